The zero-order valence-electron chi connectivity index (χ0n) is 17.9. The Labute approximate surface area is 190 Å². The van der Waals surface area contributed by atoms with Crippen LogP contribution in [0, 0.1) is 13.8 Å². The van der Waals surface area contributed by atoms with Gasteiger partial charge in [0.2, 0.25) is 0 Å². The van der Waals surface area contributed by atoms with Gasteiger partial charge in [-0.25, -0.2) is 0 Å². The van der Waals surface area contributed by atoms with E-state index in [0.717, 1.165) is 28.4 Å². The van der Waals surface area contributed by atoms with E-state index >= 15 is 0 Å². The number of amides is 1. The van der Waals surface area contributed by atoms with E-state index in [1.54, 1.807) is 35.6 Å². The van der Waals surface area contributed by atoms with E-state index in [9.17, 15) is 9.59 Å². The fourth-order valence-corrected chi connectivity index (χ4v) is 5.00. The molecule has 1 atom stereocenters. The number of fused-ring (bicyclic) bond motifs is 2. The van der Waals surface area contributed by atoms with Crippen LogP contribution in [0.5, 0.6) is 0 Å². The Morgan fingerprint density at radius 2 is 1.88 bits per heavy atom. The monoisotopic (exact) mass is 441 g/mol. The minimum atomic E-state index is -0.458. The van der Waals surface area contributed by atoms with Crippen molar-refractivity contribution in [2.45, 2.75) is 26.4 Å². The number of nitrogens with zero attached hydrogens (tertiary/aromatic N) is 1. The van der Waals surface area contributed by atoms with Crippen molar-refractivity contribution >= 4 is 33.7 Å². The van der Waals surface area contributed by atoms with E-state index in [0.29, 0.717) is 16.8 Å². The first kappa shape index (κ1) is 20.3. The Bertz CT molecular complexity index is 1320. The molecule has 4 aromatic rings. The van der Waals surface area contributed by atoms with Crippen LogP contribution < -0.4 is 10.6 Å². The highest BCUT2D eigenvalue weighted by atomic mass is 32.1. The molecule has 1 amide bonds. The van der Waals surface area contributed by atoms with Gasteiger partial charge in [0.15, 0.2) is 5.78 Å². The lowest BCUT2D eigenvalue weighted by Gasteiger charge is -2.17. The second-order valence-corrected chi connectivity index (χ2v) is 9.04. The van der Waals surface area contributed by atoms with Gasteiger partial charge in [-0.15, -0.1) is 11.3 Å². The van der Waals surface area contributed by atoms with Gasteiger partial charge >= 0.3 is 0 Å². The fraction of sp³-hybridized carbons (Fsp3) is 0.154. The van der Waals surface area contributed by atoms with Crippen molar-refractivity contribution < 1.29 is 9.59 Å². The molecule has 2 N–H and O–H groups in total. The smallest absolute Gasteiger partial charge is 0.255 e. The largest absolute Gasteiger partial charge is 0.362 e. The normalized spacial score (nSPS) is 14.6. The number of anilines is 2. The molecule has 1 aliphatic heterocycles. The van der Waals surface area contributed by atoms with Gasteiger partial charge in [-0.2, -0.15) is 0 Å². The first-order chi connectivity index (χ1) is 15.5. The molecule has 0 spiro atoms. The number of aryl methyl sites for hydroxylation is 2. The maximum Gasteiger partial charge on any atom is 0.255 e. The summed E-state index contributed by atoms with van der Waals surface area (Å²) in [7, 11) is 0. The fourth-order valence-electron chi connectivity index (χ4n) is 4.16. The molecule has 2 aromatic carbocycles. The van der Waals surface area contributed by atoms with Gasteiger partial charge in [-0.3, -0.25) is 9.59 Å². The lowest BCUT2D eigenvalue weighted by Crippen LogP contribution is -2.22. The van der Waals surface area contributed by atoms with Gasteiger partial charge in [-0.1, -0.05) is 17.7 Å². The summed E-state index contributed by atoms with van der Waals surface area (Å²) in [6.45, 7) is 4.68. The number of ketones is 1. The van der Waals surface area contributed by atoms with Crippen molar-refractivity contribution in [1.29, 1.82) is 0 Å². The van der Waals surface area contributed by atoms with Crippen LogP contribution in [0.15, 0.2) is 72.2 Å². The third-order valence-corrected chi connectivity index (χ3v) is 6.73. The zero-order chi connectivity index (χ0) is 22.2. The molecule has 0 aliphatic carbocycles. The third-order valence-electron chi connectivity index (χ3n) is 5.84. The van der Waals surface area contributed by atoms with Crippen LogP contribution in [0.4, 0.5) is 10.7 Å². The molecule has 0 saturated carbocycles. The molecule has 6 heteroatoms. The highest BCUT2D eigenvalue weighted by Crippen LogP contribution is 2.34. The van der Waals surface area contributed by atoms with Crippen molar-refractivity contribution in [1.82, 2.24) is 4.57 Å². The molecule has 5 nitrogen and oxygen atoms in total. The number of carbonyl (C=O) groups excluding carboxylic acids is 2. The van der Waals surface area contributed by atoms with Gasteiger partial charge < -0.3 is 15.2 Å². The van der Waals surface area contributed by atoms with E-state index in [1.807, 2.05) is 55.8 Å². The summed E-state index contributed by atoms with van der Waals surface area (Å²) < 4.78 is 2.12. The molecular formula is C26H23N3O2S. The van der Waals surface area contributed by atoms with E-state index in [2.05, 4.69) is 21.3 Å². The predicted octanol–water partition coefficient (Wildman–Crippen LogP) is 5.82. The lowest BCUT2D eigenvalue weighted by molar-refractivity contribution is 0.0966. The number of rotatable bonds is 4. The Morgan fingerprint density at radius 3 is 2.66 bits per heavy atom. The number of benzene rings is 2. The molecule has 5 rings (SSSR count). The van der Waals surface area contributed by atoms with Crippen molar-refractivity contribution in [2.24, 2.45) is 0 Å². The number of hydrogen-bond acceptors (Lipinski definition) is 4. The topological polar surface area (TPSA) is 63.1 Å². The molecule has 1 unspecified atom stereocenters. The predicted molar refractivity (Wildman–Crippen MR) is 129 cm³/mol. The molecule has 0 saturated heterocycles. The zero-order valence-corrected chi connectivity index (χ0v) is 18.7. The SMILES string of the molecule is Cc1ccc(C(=O)Nc2ccc(C(=O)C3Nc4sccc4Cn4cccc43)cc2)c(C)c1. The molecule has 2 aromatic heterocycles. The number of nitrogens with one attached hydrogen (secondary N) is 2. The van der Waals surface area contributed by atoms with Crippen molar-refractivity contribution in [3.63, 3.8) is 0 Å². The van der Waals surface area contributed by atoms with Gasteiger partial charge in [0, 0.05) is 34.3 Å². The summed E-state index contributed by atoms with van der Waals surface area (Å²) in [6, 6.07) is 18.5. The van der Waals surface area contributed by atoms with Crippen LogP contribution >= 0.6 is 11.3 Å². The van der Waals surface area contributed by atoms with Gasteiger partial charge in [0.25, 0.3) is 5.91 Å². The maximum absolute atomic E-state index is 13.4. The highest BCUT2D eigenvalue weighted by Gasteiger charge is 2.28. The quantitative estimate of drug-likeness (QED) is 0.393. The summed E-state index contributed by atoms with van der Waals surface area (Å²) in [5.41, 5.74) is 6.09. The molecular weight excluding hydrogens is 418 g/mol. The summed E-state index contributed by atoms with van der Waals surface area (Å²) in [4.78, 5) is 26.1. The van der Waals surface area contributed by atoms with Crippen LogP contribution in [0.1, 0.15) is 49.1 Å². The summed E-state index contributed by atoms with van der Waals surface area (Å²) in [5, 5.41) is 9.44. The average Bonchev–Trinajstić information content (AvgIpc) is 3.39. The van der Waals surface area contributed by atoms with Gasteiger partial charge in [0.05, 0.1) is 11.5 Å². The van der Waals surface area contributed by atoms with E-state index in [4.69, 9.17) is 0 Å². The molecule has 3 heterocycles. The number of aromatic nitrogens is 1. The van der Waals surface area contributed by atoms with Gasteiger partial charge in [0.1, 0.15) is 6.04 Å². The van der Waals surface area contributed by atoms with Crippen LogP contribution in [0.2, 0.25) is 0 Å². The van der Waals surface area contributed by atoms with Crippen LogP contribution in [0.3, 0.4) is 0 Å². The number of Topliss-reactive ketones (excluding diaryl/α,β-unsaturated/α-hetero) is 1. The van der Waals surface area contributed by atoms with Crippen LogP contribution in [-0.4, -0.2) is 16.3 Å². The maximum atomic E-state index is 13.4. The Hall–Kier alpha value is -3.64. The van der Waals surface area contributed by atoms with Gasteiger partial charge in [-0.05, 0) is 73.3 Å². The second-order valence-electron chi connectivity index (χ2n) is 8.13. The molecule has 160 valence electrons. The summed E-state index contributed by atoms with van der Waals surface area (Å²) >= 11 is 1.61. The summed E-state index contributed by atoms with van der Waals surface area (Å²) in [6.07, 6.45) is 2.01. The Kier molecular flexibility index (Phi) is 5.15. The lowest BCUT2D eigenvalue weighted by atomic mass is 10.0. The average molecular weight is 442 g/mol. The molecule has 0 bridgehead atoms. The van der Waals surface area contributed by atoms with Crippen LogP contribution in [0.25, 0.3) is 0 Å². The minimum absolute atomic E-state index is 0.00143. The first-order valence-electron chi connectivity index (χ1n) is 10.5. The highest BCUT2D eigenvalue weighted by molar-refractivity contribution is 7.14. The van der Waals surface area contributed by atoms with Crippen LogP contribution in [-0.2, 0) is 6.54 Å². The molecule has 1 aliphatic rings. The third kappa shape index (κ3) is 3.74. The Morgan fingerprint density at radius 1 is 1.06 bits per heavy atom. The van der Waals surface area contributed by atoms with E-state index < -0.39 is 6.04 Å². The molecule has 0 fully saturated rings. The van der Waals surface area contributed by atoms with Crippen molar-refractivity contribution in [2.75, 3.05) is 10.6 Å². The first-order valence-corrected chi connectivity index (χ1v) is 11.4. The standard InChI is InChI=1S/C26H23N3O2S/c1-16-5-10-21(17(2)14-16)25(31)27-20-8-6-18(7-9-20)24(30)23-22-4-3-12-29(22)15-19-11-13-32-26(19)28-23/h3-14,23,28H,15H2,1-2H3,(H,27,31). The Balaban J connectivity index is 1.36. The summed E-state index contributed by atoms with van der Waals surface area (Å²) in [5.74, 6) is -0.159. The van der Waals surface area contributed by atoms with E-state index in [-0.39, 0.29) is 11.7 Å². The molecule has 0 radical (unpaired) electrons. The van der Waals surface area contributed by atoms with Crippen molar-refractivity contribution in [3.05, 3.63) is 106 Å². The second kappa shape index (κ2) is 8.13. The van der Waals surface area contributed by atoms with E-state index in [1.165, 1.54) is 5.56 Å². The van der Waals surface area contributed by atoms with Crippen molar-refractivity contribution in [3.8, 4) is 0 Å². The molecule has 32 heavy (non-hydrogen) atoms. The number of hydrogen-bond donors (Lipinski definition) is 2. The number of carbonyl (C=O) groups is 2. The number of thiophene rings is 1. The minimum Gasteiger partial charge on any atom is -0.362 e.